The van der Waals surface area contributed by atoms with E-state index in [0.717, 1.165) is 27.7 Å². The van der Waals surface area contributed by atoms with Crippen molar-refractivity contribution >= 4 is 23.0 Å². The van der Waals surface area contributed by atoms with Crippen LogP contribution in [0, 0.1) is 6.92 Å². The van der Waals surface area contributed by atoms with E-state index in [-0.39, 0.29) is 11.3 Å². The molecule has 2 aromatic heterocycles. The van der Waals surface area contributed by atoms with Gasteiger partial charge in [-0.3, -0.25) is 14.6 Å². The number of carbonyl (C=O) groups excluding carboxylic acids is 1. The SMILES string of the molecule is Cc1cccc(Cn2nc(C(C)(C)C)cc2C(=O)N/N=C/c2ccc3cn[nH]c3c2)c1. The van der Waals surface area contributed by atoms with Crippen molar-refractivity contribution in [2.24, 2.45) is 5.10 Å². The van der Waals surface area contributed by atoms with Crippen molar-refractivity contribution in [3.8, 4) is 0 Å². The molecule has 7 heteroatoms. The van der Waals surface area contributed by atoms with Gasteiger partial charge >= 0.3 is 0 Å². The van der Waals surface area contributed by atoms with Crippen LogP contribution in [0.25, 0.3) is 10.9 Å². The smallest absolute Gasteiger partial charge is 0.278 e. The summed E-state index contributed by atoms with van der Waals surface area (Å²) in [6, 6.07) is 15.9. The van der Waals surface area contributed by atoms with Crippen LogP contribution < -0.4 is 5.43 Å². The van der Waals surface area contributed by atoms with Gasteiger partial charge < -0.3 is 0 Å². The number of aromatic nitrogens is 4. The first kappa shape index (κ1) is 20.5. The van der Waals surface area contributed by atoms with Crippen LogP contribution in [0.1, 0.15) is 53.6 Å². The Morgan fingerprint density at radius 3 is 2.81 bits per heavy atom. The molecule has 4 aromatic rings. The number of aromatic amines is 1. The van der Waals surface area contributed by atoms with Crippen molar-refractivity contribution in [2.75, 3.05) is 0 Å². The fourth-order valence-corrected chi connectivity index (χ4v) is 3.33. The van der Waals surface area contributed by atoms with Crippen LogP contribution in [0.2, 0.25) is 0 Å². The van der Waals surface area contributed by atoms with Gasteiger partial charge in [0.05, 0.1) is 30.2 Å². The zero-order chi connectivity index (χ0) is 22.0. The van der Waals surface area contributed by atoms with E-state index in [9.17, 15) is 4.79 Å². The third-order valence-corrected chi connectivity index (χ3v) is 5.04. The number of H-pyrrole nitrogens is 1. The topological polar surface area (TPSA) is 88.0 Å². The largest absolute Gasteiger partial charge is 0.289 e. The predicted octanol–water partition coefficient (Wildman–Crippen LogP) is 4.18. The summed E-state index contributed by atoms with van der Waals surface area (Å²) in [6.07, 6.45) is 3.38. The highest BCUT2D eigenvalue weighted by Crippen LogP contribution is 2.22. The molecule has 0 bridgehead atoms. The molecule has 4 rings (SSSR count). The second-order valence-corrected chi connectivity index (χ2v) is 8.73. The second-order valence-electron chi connectivity index (χ2n) is 8.73. The number of benzene rings is 2. The molecule has 0 radical (unpaired) electrons. The Morgan fingerprint density at radius 2 is 2.03 bits per heavy atom. The monoisotopic (exact) mass is 414 g/mol. The summed E-state index contributed by atoms with van der Waals surface area (Å²) in [5, 5.41) is 16.8. The lowest BCUT2D eigenvalue weighted by Gasteiger charge is -2.14. The maximum absolute atomic E-state index is 12.9. The minimum absolute atomic E-state index is 0.171. The number of nitrogens with zero attached hydrogens (tertiary/aromatic N) is 4. The van der Waals surface area contributed by atoms with E-state index in [1.807, 2.05) is 36.4 Å². The number of rotatable bonds is 5. The summed E-state index contributed by atoms with van der Waals surface area (Å²) in [6.45, 7) is 8.81. The summed E-state index contributed by atoms with van der Waals surface area (Å²) in [5.41, 5.74) is 7.85. The van der Waals surface area contributed by atoms with Gasteiger partial charge in [0.15, 0.2) is 0 Å². The number of hydrogen-bond acceptors (Lipinski definition) is 4. The van der Waals surface area contributed by atoms with Crippen molar-refractivity contribution in [1.82, 2.24) is 25.4 Å². The number of aryl methyl sites for hydroxylation is 1. The molecule has 7 nitrogen and oxygen atoms in total. The van der Waals surface area contributed by atoms with Gasteiger partial charge in [-0.25, -0.2) is 5.43 Å². The molecule has 0 unspecified atom stereocenters. The molecule has 0 aliphatic rings. The van der Waals surface area contributed by atoms with Gasteiger partial charge in [0.2, 0.25) is 0 Å². The Morgan fingerprint density at radius 1 is 1.19 bits per heavy atom. The molecule has 31 heavy (non-hydrogen) atoms. The maximum atomic E-state index is 12.9. The molecular weight excluding hydrogens is 388 g/mol. The van der Waals surface area contributed by atoms with Crippen LogP contribution in [0.5, 0.6) is 0 Å². The van der Waals surface area contributed by atoms with Gasteiger partial charge in [0.25, 0.3) is 5.91 Å². The van der Waals surface area contributed by atoms with E-state index in [2.05, 4.69) is 60.6 Å². The van der Waals surface area contributed by atoms with Crippen LogP contribution in [0.4, 0.5) is 0 Å². The number of hydrogen-bond donors (Lipinski definition) is 2. The third-order valence-electron chi connectivity index (χ3n) is 5.04. The van der Waals surface area contributed by atoms with E-state index in [4.69, 9.17) is 5.10 Å². The Hall–Kier alpha value is -3.74. The summed E-state index contributed by atoms with van der Waals surface area (Å²) in [4.78, 5) is 12.9. The standard InChI is InChI=1S/C24H26N6O/c1-16-6-5-7-18(10-16)15-30-21(12-22(29-30)24(2,3)4)23(31)28-25-13-17-8-9-19-14-26-27-20(19)11-17/h5-14H,15H2,1-4H3,(H,26,27)(H,28,31)/b25-13+. The van der Waals surface area contributed by atoms with Gasteiger partial charge in [0, 0.05) is 10.8 Å². The summed E-state index contributed by atoms with van der Waals surface area (Å²) < 4.78 is 1.75. The maximum Gasteiger partial charge on any atom is 0.289 e. The number of amides is 1. The molecule has 2 N–H and O–H groups in total. The van der Waals surface area contributed by atoms with E-state index >= 15 is 0 Å². The molecule has 0 spiro atoms. The minimum atomic E-state index is -0.297. The van der Waals surface area contributed by atoms with Gasteiger partial charge in [0.1, 0.15) is 5.69 Å². The predicted molar refractivity (Wildman–Crippen MR) is 122 cm³/mol. The second kappa shape index (κ2) is 8.18. The molecule has 0 saturated heterocycles. The lowest BCUT2D eigenvalue weighted by atomic mass is 9.92. The first-order valence-electron chi connectivity index (χ1n) is 10.2. The Labute approximate surface area is 181 Å². The molecule has 0 atom stereocenters. The molecule has 2 aromatic carbocycles. The van der Waals surface area contributed by atoms with E-state index in [0.29, 0.717) is 12.2 Å². The average molecular weight is 415 g/mol. The van der Waals surface area contributed by atoms with Crippen molar-refractivity contribution in [1.29, 1.82) is 0 Å². The number of fused-ring (bicyclic) bond motifs is 1. The van der Waals surface area contributed by atoms with E-state index < -0.39 is 0 Å². The van der Waals surface area contributed by atoms with Gasteiger partial charge in [-0.05, 0) is 30.2 Å². The van der Waals surface area contributed by atoms with E-state index in [1.165, 1.54) is 5.56 Å². The van der Waals surface area contributed by atoms with Gasteiger partial charge in [-0.1, -0.05) is 62.7 Å². The normalized spacial score (nSPS) is 12.0. The molecule has 0 saturated carbocycles. The number of nitrogens with one attached hydrogen (secondary N) is 2. The highest BCUT2D eigenvalue weighted by Gasteiger charge is 2.23. The summed E-state index contributed by atoms with van der Waals surface area (Å²) >= 11 is 0. The Bertz CT molecular complexity index is 1260. The highest BCUT2D eigenvalue weighted by molar-refractivity contribution is 5.94. The Kier molecular flexibility index (Phi) is 5.42. The van der Waals surface area contributed by atoms with Gasteiger partial charge in [-0.2, -0.15) is 15.3 Å². The lowest BCUT2D eigenvalue weighted by Crippen LogP contribution is -2.22. The van der Waals surface area contributed by atoms with Crippen LogP contribution in [-0.2, 0) is 12.0 Å². The minimum Gasteiger partial charge on any atom is -0.278 e. The fraction of sp³-hybridized carbons (Fsp3) is 0.250. The van der Waals surface area contributed by atoms with Crippen molar-refractivity contribution < 1.29 is 4.79 Å². The number of hydrazone groups is 1. The third kappa shape index (κ3) is 4.71. The molecule has 0 fully saturated rings. The van der Waals surface area contributed by atoms with Crippen molar-refractivity contribution in [3.63, 3.8) is 0 Å². The zero-order valence-electron chi connectivity index (χ0n) is 18.2. The molecule has 158 valence electrons. The number of carbonyl (C=O) groups is 1. The molecule has 0 aliphatic heterocycles. The van der Waals surface area contributed by atoms with Crippen LogP contribution in [-0.4, -0.2) is 32.1 Å². The Balaban J connectivity index is 1.56. The fourth-order valence-electron chi connectivity index (χ4n) is 3.33. The van der Waals surface area contributed by atoms with Crippen molar-refractivity contribution in [2.45, 2.75) is 39.7 Å². The van der Waals surface area contributed by atoms with E-state index in [1.54, 1.807) is 17.1 Å². The zero-order valence-corrected chi connectivity index (χ0v) is 18.2. The quantitative estimate of drug-likeness (QED) is 0.379. The first-order chi connectivity index (χ1) is 14.8. The van der Waals surface area contributed by atoms with Crippen molar-refractivity contribution in [3.05, 3.63) is 82.8 Å². The molecule has 0 aliphatic carbocycles. The highest BCUT2D eigenvalue weighted by atomic mass is 16.2. The van der Waals surface area contributed by atoms with Crippen LogP contribution in [0.15, 0.2) is 59.8 Å². The van der Waals surface area contributed by atoms with Crippen LogP contribution >= 0.6 is 0 Å². The summed E-state index contributed by atoms with van der Waals surface area (Å²) in [7, 11) is 0. The lowest BCUT2D eigenvalue weighted by molar-refractivity contribution is 0.0945. The van der Waals surface area contributed by atoms with Crippen LogP contribution in [0.3, 0.4) is 0 Å². The molecule has 1 amide bonds. The summed E-state index contributed by atoms with van der Waals surface area (Å²) in [5.74, 6) is -0.297. The first-order valence-corrected chi connectivity index (χ1v) is 10.2. The average Bonchev–Trinajstić information content (AvgIpc) is 3.34. The van der Waals surface area contributed by atoms with Gasteiger partial charge in [-0.15, -0.1) is 0 Å². The molecule has 2 heterocycles. The molecular formula is C24H26N6O.